The van der Waals surface area contributed by atoms with Crippen LogP contribution in [0.5, 0.6) is 0 Å². The van der Waals surface area contributed by atoms with Gasteiger partial charge in [-0.1, -0.05) is 0 Å². The molecule has 0 spiro atoms. The van der Waals surface area contributed by atoms with E-state index in [1.165, 1.54) is 0 Å². The number of carbonyl (C=O) groups is 1. The molecule has 0 fully saturated rings. The Hall–Kier alpha value is -1.27. The van der Waals surface area contributed by atoms with Crippen molar-refractivity contribution in [1.82, 2.24) is 9.47 Å². The number of halogens is 1. The molecule has 0 saturated heterocycles. The van der Waals surface area contributed by atoms with E-state index in [4.69, 9.17) is 5.73 Å². The minimum Gasteiger partial charge on any atom is -0.397 e. The first-order chi connectivity index (χ1) is 8.47. The Morgan fingerprint density at radius 3 is 2.78 bits per heavy atom. The second-order valence-corrected chi connectivity index (χ2v) is 6.07. The molecule has 2 rings (SSSR count). The van der Waals surface area contributed by atoms with E-state index >= 15 is 0 Å². The van der Waals surface area contributed by atoms with Crippen molar-refractivity contribution in [3.63, 3.8) is 0 Å². The van der Waals surface area contributed by atoms with Crippen LogP contribution in [0.1, 0.15) is 15.4 Å². The summed E-state index contributed by atoms with van der Waals surface area (Å²) in [6, 6.07) is 3.72. The van der Waals surface area contributed by atoms with Gasteiger partial charge in [0.05, 0.1) is 12.2 Å². The highest BCUT2D eigenvalue weighted by Crippen LogP contribution is 2.21. The van der Waals surface area contributed by atoms with Gasteiger partial charge in [-0.15, -0.1) is 11.3 Å². The summed E-state index contributed by atoms with van der Waals surface area (Å²) < 4.78 is 2.80. The predicted molar refractivity (Wildman–Crippen MR) is 77.6 cm³/mol. The third-order valence-corrected chi connectivity index (χ3v) is 4.29. The highest BCUT2D eigenvalue weighted by atomic mass is 79.9. The summed E-state index contributed by atoms with van der Waals surface area (Å²) in [7, 11) is 3.61. The maximum absolute atomic E-state index is 12.2. The third-order valence-electron chi connectivity index (χ3n) is 2.61. The van der Waals surface area contributed by atoms with Crippen molar-refractivity contribution in [2.45, 2.75) is 6.54 Å². The first-order valence-electron chi connectivity index (χ1n) is 5.37. The van der Waals surface area contributed by atoms with Crippen LogP contribution in [-0.4, -0.2) is 22.4 Å². The Morgan fingerprint density at radius 2 is 2.28 bits per heavy atom. The van der Waals surface area contributed by atoms with Crippen molar-refractivity contribution in [2.75, 3.05) is 12.8 Å². The molecule has 2 N–H and O–H groups in total. The Kier molecular flexibility index (Phi) is 3.77. The molecule has 6 heteroatoms. The van der Waals surface area contributed by atoms with Gasteiger partial charge in [-0.3, -0.25) is 4.79 Å². The number of hydrogen-bond acceptors (Lipinski definition) is 3. The van der Waals surface area contributed by atoms with Gasteiger partial charge < -0.3 is 15.2 Å². The van der Waals surface area contributed by atoms with E-state index in [0.717, 1.165) is 9.35 Å². The van der Waals surface area contributed by atoms with Crippen molar-refractivity contribution in [2.24, 2.45) is 7.05 Å². The molecule has 2 aromatic heterocycles. The van der Waals surface area contributed by atoms with Crippen LogP contribution in [0, 0.1) is 0 Å². The molecule has 1 amide bonds. The van der Waals surface area contributed by atoms with E-state index < -0.39 is 0 Å². The lowest BCUT2D eigenvalue weighted by Crippen LogP contribution is -2.27. The highest BCUT2D eigenvalue weighted by molar-refractivity contribution is 9.10. The minimum atomic E-state index is -0.0290. The van der Waals surface area contributed by atoms with Crippen molar-refractivity contribution < 1.29 is 4.79 Å². The monoisotopic (exact) mass is 327 g/mol. The van der Waals surface area contributed by atoms with Crippen LogP contribution in [0.2, 0.25) is 0 Å². The minimum absolute atomic E-state index is 0.0290. The number of thiophene rings is 1. The van der Waals surface area contributed by atoms with Gasteiger partial charge in [-0.05, 0) is 28.1 Å². The summed E-state index contributed by atoms with van der Waals surface area (Å²) >= 11 is 5.03. The smallest absolute Gasteiger partial charge is 0.270 e. The highest BCUT2D eigenvalue weighted by Gasteiger charge is 2.16. The fraction of sp³-hybridized carbons (Fsp3) is 0.250. The van der Waals surface area contributed by atoms with Crippen LogP contribution in [0.15, 0.2) is 28.2 Å². The predicted octanol–water partition coefficient (Wildman–Crippen LogP) is 2.70. The number of aromatic nitrogens is 1. The van der Waals surface area contributed by atoms with Crippen molar-refractivity contribution in [1.29, 1.82) is 0 Å². The standard InChI is InChI=1S/C12H14BrN3OS/c1-15-5-9(14)4-11(15)12(17)16(2)6-10-3-8(13)7-18-10/h3-5,7H,6,14H2,1-2H3. The van der Waals surface area contributed by atoms with Gasteiger partial charge in [-0.2, -0.15) is 0 Å². The summed E-state index contributed by atoms with van der Waals surface area (Å²) in [5.41, 5.74) is 6.88. The number of rotatable bonds is 3. The molecule has 0 aliphatic carbocycles. The number of nitrogens with two attached hydrogens (primary N) is 1. The third kappa shape index (κ3) is 2.76. The van der Waals surface area contributed by atoms with E-state index in [1.54, 1.807) is 40.1 Å². The summed E-state index contributed by atoms with van der Waals surface area (Å²) in [6.07, 6.45) is 1.74. The number of anilines is 1. The molecule has 18 heavy (non-hydrogen) atoms. The van der Waals surface area contributed by atoms with E-state index in [1.807, 2.05) is 18.5 Å². The van der Waals surface area contributed by atoms with Crippen LogP contribution < -0.4 is 5.73 Å². The van der Waals surface area contributed by atoms with Crippen LogP contribution in [0.3, 0.4) is 0 Å². The first-order valence-corrected chi connectivity index (χ1v) is 7.05. The number of nitrogen functional groups attached to an aromatic ring is 1. The molecule has 0 unspecified atom stereocenters. The van der Waals surface area contributed by atoms with Crippen molar-refractivity contribution in [3.8, 4) is 0 Å². The summed E-state index contributed by atoms with van der Waals surface area (Å²) in [5, 5.41) is 2.01. The molecular weight excluding hydrogens is 314 g/mol. The summed E-state index contributed by atoms with van der Waals surface area (Å²) in [5.74, 6) is -0.0290. The Balaban J connectivity index is 2.11. The quantitative estimate of drug-likeness (QED) is 0.942. The normalized spacial score (nSPS) is 10.6. The van der Waals surface area contributed by atoms with Crippen molar-refractivity contribution >= 4 is 38.9 Å². The SMILES string of the molecule is CN(Cc1cc(Br)cs1)C(=O)c1cc(N)cn1C. The number of aryl methyl sites for hydroxylation is 1. The lowest BCUT2D eigenvalue weighted by molar-refractivity contribution is 0.0777. The molecule has 2 heterocycles. The molecule has 4 nitrogen and oxygen atoms in total. The number of amides is 1. The van der Waals surface area contributed by atoms with Crippen LogP contribution in [0.4, 0.5) is 5.69 Å². The molecule has 2 aromatic rings. The second-order valence-electron chi connectivity index (χ2n) is 4.16. The van der Waals surface area contributed by atoms with Gasteiger partial charge in [0, 0.05) is 35.0 Å². The Morgan fingerprint density at radius 1 is 1.56 bits per heavy atom. The average Bonchev–Trinajstić information content (AvgIpc) is 2.84. The van der Waals surface area contributed by atoms with E-state index in [2.05, 4.69) is 15.9 Å². The van der Waals surface area contributed by atoms with Crippen LogP contribution in [0.25, 0.3) is 0 Å². The van der Waals surface area contributed by atoms with E-state index in [0.29, 0.717) is 17.9 Å². The second kappa shape index (κ2) is 5.16. The number of hydrogen-bond donors (Lipinski definition) is 1. The van der Waals surface area contributed by atoms with Gasteiger partial charge in [0.15, 0.2) is 0 Å². The first kappa shape index (κ1) is 13.2. The number of nitrogens with zero attached hydrogens (tertiary/aromatic N) is 2. The zero-order chi connectivity index (χ0) is 13.3. The largest absolute Gasteiger partial charge is 0.397 e. The Labute approximate surface area is 118 Å². The van der Waals surface area contributed by atoms with Gasteiger partial charge in [-0.25, -0.2) is 0 Å². The van der Waals surface area contributed by atoms with E-state index in [9.17, 15) is 4.79 Å². The maximum atomic E-state index is 12.2. The molecule has 0 radical (unpaired) electrons. The summed E-state index contributed by atoms with van der Waals surface area (Å²) in [4.78, 5) is 15.1. The molecule has 0 saturated carbocycles. The molecule has 0 aliphatic heterocycles. The molecule has 0 aromatic carbocycles. The Bertz CT molecular complexity index is 576. The molecular formula is C12H14BrN3OS. The van der Waals surface area contributed by atoms with Gasteiger partial charge >= 0.3 is 0 Å². The van der Waals surface area contributed by atoms with Gasteiger partial charge in [0.25, 0.3) is 5.91 Å². The molecule has 0 aliphatic rings. The molecule has 0 atom stereocenters. The van der Waals surface area contributed by atoms with Crippen LogP contribution in [-0.2, 0) is 13.6 Å². The molecule has 96 valence electrons. The zero-order valence-corrected chi connectivity index (χ0v) is 12.6. The van der Waals surface area contributed by atoms with Gasteiger partial charge in [0.1, 0.15) is 5.69 Å². The lowest BCUT2D eigenvalue weighted by atomic mass is 10.3. The number of carbonyl (C=O) groups excluding carboxylic acids is 1. The fourth-order valence-corrected chi connectivity index (χ4v) is 3.24. The summed E-state index contributed by atoms with van der Waals surface area (Å²) in [6.45, 7) is 0.597. The zero-order valence-electron chi connectivity index (χ0n) is 10.2. The molecule has 0 bridgehead atoms. The van der Waals surface area contributed by atoms with E-state index in [-0.39, 0.29) is 5.91 Å². The topological polar surface area (TPSA) is 51.3 Å². The van der Waals surface area contributed by atoms with Gasteiger partial charge in [0.2, 0.25) is 0 Å². The average molecular weight is 328 g/mol. The van der Waals surface area contributed by atoms with Crippen molar-refractivity contribution in [3.05, 3.63) is 38.8 Å². The van der Waals surface area contributed by atoms with Crippen LogP contribution >= 0.6 is 27.3 Å². The fourth-order valence-electron chi connectivity index (χ4n) is 1.74. The lowest BCUT2D eigenvalue weighted by Gasteiger charge is -2.16. The maximum Gasteiger partial charge on any atom is 0.270 e.